The SMILES string of the molecule is Cc1cc(C(F)(F)F)cc(C)c1-n1cc2c(=O)[nH]c(N3CCOCCO3)nc2n1. The van der Waals surface area contributed by atoms with E-state index >= 15 is 0 Å². The molecule has 0 spiro atoms. The first-order valence-corrected chi connectivity index (χ1v) is 8.91. The van der Waals surface area contributed by atoms with E-state index in [4.69, 9.17) is 9.57 Å². The van der Waals surface area contributed by atoms with Crippen LogP contribution in [0.1, 0.15) is 16.7 Å². The summed E-state index contributed by atoms with van der Waals surface area (Å²) in [7, 11) is 0. The van der Waals surface area contributed by atoms with Gasteiger partial charge in [-0.2, -0.15) is 18.2 Å². The minimum Gasteiger partial charge on any atom is -0.377 e. The van der Waals surface area contributed by atoms with Crippen LogP contribution >= 0.6 is 0 Å². The second-order valence-electron chi connectivity index (χ2n) is 6.70. The third-order valence-corrected chi connectivity index (χ3v) is 4.57. The number of benzene rings is 1. The van der Waals surface area contributed by atoms with E-state index < -0.39 is 17.3 Å². The fourth-order valence-corrected chi connectivity index (χ4v) is 3.31. The van der Waals surface area contributed by atoms with Gasteiger partial charge in [-0.3, -0.25) is 14.6 Å². The summed E-state index contributed by atoms with van der Waals surface area (Å²) >= 11 is 0. The molecule has 1 aliphatic rings. The molecule has 0 amide bonds. The Hall–Kier alpha value is -2.92. The molecule has 2 aromatic heterocycles. The van der Waals surface area contributed by atoms with Gasteiger partial charge in [-0.25, -0.2) is 9.75 Å². The number of aromatic amines is 1. The van der Waals surface area contributed by atoms with Gasteiger partial charge >= 0.3 is 6.18 Å². The molecule has 4 rings (SSSR count). The maximum atomic E-state index is 13.0. The fraction of sp³-hybridized carbons (Fsp3) is 0.389. The van der Waals surface area contributed by atoms with Crippen molar-refractivity contribution < 1.29 is 22.7 Å². The molecule has 3 heterocycles. The molecule has 154 valence electrons. The number of halogens is 3. The summed E-state index contributed by atoms with van der Waals surface area (Å²) < 4.78 is 45.8. The van der Waals surface area contributed by atoms with Gasteiger partial charge in [0, 0.05) is 6.20 Å². The number of hydrogen-bond donors (Lipinski definition) is 1. The molecular weight excluding hydrogens is 391 g/mol. The van der Waals surface area contributed by atoms with E-state index in [1.165, 1.54) is 15.9 Å². The Morgan fingerprint density at radius 3 is 2.55 bits per heavy atom. The van der Waals surface area contributed by atoms with Crippen LogP contribution in [0.4, 0.5) is 19.1 Å². The van der Waals surface area contributed by atoms with Crippen LogP contribution < -0.4 is 10.6 Å². The molecule has 29 heavy (non-hydrogen) atoms. The molecule has 0 unspecified atom stereocenters. The summed E-state index contributed by atoms with van der Waals surface area (Å²) in [6.07, 6.45) is -2.98. The normalized spacial score (nSPS) is 15.7. The number of ether oxygens (including phenoxy) is 1. The minimum atomic E-state index is -4.44. The van der Waals surface area contributed by atoms with E-state index in [2.05, 4.69) is 15.1 Å². The lowest BCUT2D eigenvalue weighted by Gasteiger charge is -2.18. The number of alkyl halides is 3. The molecule has 1 N–H and O–H groups in total. The highest BCUT2D eigenvalue weighted by Gasteiger charge is 2.31. The maximum absolute atomic E-state index is 13.0. The number of anilines is 1. The summed E-state index contributed by atoms with van der Waals surface area (Å²) in [5.74, 6) is 0.194. The Labute approximate surface area is 162 Å². The number of nitrogens with zero attached hydrogens (tertiary/aromatic N) is 4. The van der Waals surface area contributed by atoms with Crippen LogP contribution in [-0.2, 0) is 15.8 Å². The first kappa shape index (κ1) is 19.4. The number of H-pyrrole nitrogens is 1. The molecule has 1 aliphatic heterocycles. The van der Waals surface area contributed by atoms with E-state index in [1.54, 1.807) is 13.8 Å². The first-order valence-electron chi connectivity index (χ1n) is 8.91. The molecule has 0 atom stereocenters. The summed E-state index contributed by atoms with van der Waals surface area (Å²) in [5, 5.41) is 5.98. The summed E-state index contributed by atoms with van der Waals surface area (Å²) in [6, 6.07) is 2.12. The minimum absolute atomic E-state index is 0.163. The van der Waals surface area contributed by atoms with Crippen LogP contribution in [0.25, 0.3) is 16.7 Å². The standard InChI is InChI=1S/C18H18F3N5O3/c1-10-7-12(18(19,20)21)8-11(2)14(10)25-9-13-15(24-25)22-17(23-16(13)27)26-3-4-28-5-6-29-26/h7-9H,3-6H2,1-2H3,(H,22,23,24,27). The lowest BCUT2D eigenvalue weighted by Crippen LogP contribution is -2.29. The highest BCUT2D eigenvalue weighted by Crippen LogP contribution is 2.33. The second kappa shape index (κ2) is 7.16. The van der Waals surface area contributed by atoms with Crippen LogP contribution in [0.5, 0.6) is 0 Å². The first-order chi connectivity index (χ1) is 13.7. The number of aromatic nitrogens is 4. The molecule has 0 saturated carbocycles. The van der Waals surface area contributed by atoms with Crippen LogP contribution in [0.2, 0.25) is 0 Å². The van der Waals surface area contributed by atoms with Crippen molar-refractivity contribution in [1.82, 2.24) is 19.7 Å². The van der Waals surface area contributed by atoms with Gasteiger partial charge in [0.1, 0.15) is 5.39 Å². The van der Waals surface area contributed by atoms with Crippen LogP contribution in [0.15, 0.2) is 23.1 Å². The van der Waals surface area contributed by atoms with Gasteiger partial charge < -0.3 is 4.74 Å². The topological polar surface area (TPSA) is 85.3 Å². The average Bonchev–Trinajstić information content (AvgIpc) is 2.87. The predicted molar refractivity (Wildman–Crippen MR) is 98.1 cm³/mol. The van der Waals surface area contributed by atoms with Crippen molar-refractivity contribution in [3.63, 3.8) is 0 Å². The molecule has 1 aromatic carbocycles. The molecule has 0 aliphatic carbocycles. The number of hydroxylamine groups is 1. The summed E-state index contributed by atoms with van der Waals surface area (Å²) in [4.78, 5) is 25.0. The van der Waals surface area contributed by atoms with Gasteiger partial charge in [-0.1, -0.05) is 0 Å². The summed E-state index contributed by atoms with van der Waals surface area (Å²) in [5.41, 5.74) is 0.246. The quantitative estimate of drug-likeness (QED) is 0.700. The Bertz CT molecular complexity index is 1090. The zero-order valence-corrected chi connectivity index (χ0v) is 15.7. The lowest BCUT2D eigenvalue weighted by molar-refractivity contribution is -0.137. The zero-order valence-electron chi connectivity index (χ0n) is 15.7. The van der Waals surface area contributed by atoms with E-state index in [1.807, 2.05) is 0 Å². The second-order valence-corrected chi connectivity index (χ2v) is 6.70. The summed E-state index contributed by atoms with van der Waals surface area (Å²) in [6.45, 7) is 4.69. The van der Waals surface area contributed by atoms with Crippen LogP contribution in [0.3, 0.4) is 0 Å². The van der Waals surface area contributed by atoms with Crippen molar-refractivity contribution in [2.24, 2.45) is 0 Å². The predicted octanol–water partition coefficient (Wildman–Crippen LogP) is 2.51. The third kappa shape index (κ3) is 3.70. The largest absolute Gasteiger partial charge is 0.416 e. The van der Waals surface area contributed by atoms with Crippen molar-refractivity contribution in [3.05, 3.63) is 45.4 Å². The lowest BCUT2D eigenvalue weighted by atomic mass is 10.0. The van der Waals surface area contributed by atoms with Crippen molar-refractivity contribution >= 4 is 17.0 Å². The number of nitrogens with one attached hydrogen (secondary N) is 1. The van der Waals surface area contributed by atoms with E-state index in [0.717, 1.165) is 12.1 Å². The van der Waals surface area contributed by atoms with E-state index in [-0.39, 0.29) is 17.0 Å². The average molecular weight is 409 g/mol. The van der Waals surface area contributed by atoms with Crippen molar-refractivity contribution in [3.8, 4) is 5.69 Å². The number of fused-ring (bicyclic) bond motifs is 1. The van der Waals surface area contributed by atoms with Gasteiger partial charge in [0.05, 0.1) is 37.6 Å². The Morgan fingerprint density at radius 1 is 1.14 bits per heavy atom. The molecule has 3 aromatic rings. The number of aryl methyl sites for hydroxylation is 2. The highest BCUT2D eigenvalue weighted by atomic mass is 19.4. The molecule has 0 radical (unpaired) electrons. The Balaban J connectivity index is 1.78. The van der Waals surface area contributed by atoms with Gasteiger partial charge in [0.15, 0.2) is 5.65 Å². The molecular formula is C18H18F3N5O3. The molecule has 1 fully saturated rings. The molecule has 8 nitrogen and oxygen atoms in total. The van der Waals surface area contributed by atoms with Gasteiger partial charge in [0.25, 0.3) is 5.56 Å². The van der Waals surface area contributed by atoms with Crippen molar-refractivity contribution in [2.45, 2.75) is 20.0 Å². The zero-order chi connectivity index (χ0) is 20.8. The van der Waals surface area contributed by atoms with Crippen molar-refractivity contribution in [2.75, 3.05) is 31.4 Å². The third-order valence-electron chi connectivity index (χ3n) is 4.57. The van der Waals surface area contributed by atoms with Gasteiger partial charge in [0.2, 0.25) is 5.95 Å². The Kier molecular flexibility index (Phi) is 4.79. The fourth-order valence-electron chi connectivity index (χ4n) is 3.31. The van der Waals surface area contributed by atoms with Gasteiger partial charge in [-0.15, -0.1) is 5.10 Å². The van der Waals surface area contributed by atoms with Gasteiger partial charge in [-0.05, 0) is 37.1 Å². The number of rotatable bonds is 2. The van der Waals surface area contributed by atoms with Crippen molar-refractivity contribution in [1.29, 1.82) is 0 Å². The molecule has 1 saturated heterocycles. The van der Waals surface area contributed by atoms with E-state index in [0.29, 0.717) is 43.2 Å². The Morgan fingerprint density at radius 2 is 1.86 bits per heavy atom. The van der Waals surface area contributed by atoms with Crippen LogP contribution in [0, 0.1) is 13.8 Å². The van der Waals surface area contributed by atoms with E-state index in [9.17, 15) is 18.0 Å². The van der Waals surface area contributed by atoms with Crippen LogP contribution in [-0.4, -0.2) is 46.1 Å². The number of hydrogen-bond acceptors (Lipinski definition) is 6. The maximum Gasteiger partial charge on any atom is 0.416 e. The molecule has 0 bridgehead atoms. The smallest absolute Gasteiger partial charge is 0.377 e. The highest BCUT2D eigenvalue weighted by molar-refractivity contribution is 5.75. The molecule has 11 heteroatoms. The monoisotopic (exact) mass is 409 g/mol.